The van der Waals surface area contributed by atoms with Gasteiger partial charge in [-0.25, -0.2) is 16.8 Å². The van der Waals surface area contributed by atoms with Crippen LogP contribution in [0.15, 0.2) is 23.3 Å². The van der Waals surface area contributed by atoms with Gasteiger partial charge in [-0.2, -0.15) is 0 Å². The number of hydrogen-bond donors (Lipinski definition) is 1. The Labute approximate surface area is 228 Å². The molecule has 0 heterocycles. The fourth-order valence-corrected chi connectivity index (χ4v) is 9.73. The summed E-state index contributed by atoms with van der Waals surface area (Å²) < 4.78 is 77.5. The number of hydrogen-bond acceptors (Lipinski definition) is 9. The summed E-state index contributed by atoms with van der Waals surface area (Å²) >= 11 is 0. The van der Waals surface area contributed by atoms with Crippen LogP contribution in [0.5, 0.6) is 0 Å². The maximum absolute atomic E-state index is 11.3. The van der Waals surface area contributed by atoms with Gasteiger partial charge in [-0.3, -0.25) is 8.37 Å². The van der Waals surface area contributed by atoms with Crippen molar-refractivity contribution in [2.24, 2.45) is 40.4 Å². The number of aliphatic hydroxyl groups is 1. The predicted octanol–water partition coefficient (Wildman–Crippen LogP) is 4.22. The van der Waals surface area contributed by atoms with Gasteiger partial charge in [0, 0.05) is 0 Å². The van der Waals surface area contributed by atoms with Crippen molar-refractivity contribution in [2.75, 3.05) is 6.61 Å². The quantitative estimate of drug-likeness (QED) is 0.242. The van der Waals surface area contributed by atoms with Crippen molar-refractivity contribution in [3.05, 3.63) is 23.3 Å². The van der Waals surface area contributed by atoms with Crippen LogP contribution in [-0.2, 0) is 29.2 Å². The van der Waals surface area contributed by atoms with E-state index in [4.69, 9.17) is 8.37 Å². The molecule has 3 saturated carbocycles. The van der Waals surface area contributed by atoms with Crippen LogP contribution in [0.2, 0.25) is 0 Å². The van der Waals surface area contributed by atoms with E-state index in [9.17, 15) is 31.0 Å². The summed E-state index contributed by atoms with van der Waals surface area (Å²) in [5.41, 5.74) is 1.93. The average molecular weight is 575 g/mol. The van der Waals surface area contributed by atoms with Crippen LogP contribution < -0.4 is 0 Å². The number of fused-ring (bicyclic) bond motifs is 5. The summed E-state index contributed by atoms with van der Waals surface area (Å²) in [5, 5.41) is 10.5. The van der Waals surface area contributed by atoms with Gasteiger partial charge in [0.15, 0.2) is 0 Å². The molecule has 9 atom stereocenters. The molecule has 0 aromatic carbocycles. The van der Waals surface area contributed by atoms with Crippen LogP contribution in [0, 0.1) is 40.4 Å². The lowest BCUT2D eigenvalue weighted by atomic mass is 9.46. The second kappa shape index (κ2) is 10.9. The fourth-order valence-electron chi connectivity index (χ4n) is 8.89. The van der Waals surface area contributed by atoms with Crippen LogP contribution in [0.1, 0.15) is 85.5 Å². The van der Waals surface area contributed by atoms with E-state index >= 15 is 0 Å². The summed E-state index contributed by atoms with van der Waals surface area (Å²) in [5.74, 6) is 1.21. The zero-order valence-corrected chi connectivity index (χ0v) is 24.4. The van der Waals surface area contributed by atoms with Gasteiger partial charge >= 0.3 is 0 Å². The molecule has 0 bridgehead atoms. The normalized spacial score (nSPS) is 39.9. The van der Waals surface area contributed by atoms with Gasteiger partial charge in [-0.05, 0) is 112 Å². The van der Waals surface area contributed by atoms with E-state index < -0.39 is 33.0 Å². The molecule has 0 saturated heterocycles. The van der Waals surface area contributed by atoms with Crippen molar-refractivity contribution in [2.45, 2.75) is 97.7 Å². The molecule has 0 amide bonds. The van der Waals surface area contributed by atoms with Crippen LogP contribution >= 0.6 is 0 Å². The highest BCUT2D eigenvalue weighted by Gasteiger charge is 2.60. The smallest absolute Gasteiger partial charge is 0.217 e. The molecule has 218 valence electrons. The van der Waals surface area contributed by atoms with Crippen molar-refractivity contribution < 1.29 is 39.4 Å². The van der Waals surface area contributed by atoms with E-state index in [1.54, 1.807) is 0 Å². The number of aliphatic hydroxyl groups excluding tert-OH is 1. The van der Waals surface area contributed by atoms with E-state index in [0.717, 1.165) is 50.5 Å². The average Bonchev–Trinajstić information content (AvgIpc) is 3.12. The molecule has 38 heavy (non-hydrogen) atoms. The van der Waals surface area contributed by atoms with Gasteiger partial charge < -0.3 is 14.2 Å². The van der Waals surface area contributed by atoms with Gasteiger partial charge in [-0.1, -0.05) is 37.1 Å². The highest BCUT2D eigenvalue weighted by atomic mass is 32.3. The van der Waals surface area contributed by atoms with Gasteiger partial charge in [0.2, 0.25) is 20.8 Å². The Kier molecular flexibility index (Phi) is 8.62. The molecule has 3 fully saturated rings. The topological polar surface area (TPSA) is 153 Å². The van der Waals surface area contributed by atoms with E-state index in [2.05, 4.69) is 26.0 Å². The zero-order valence-electron chi connectivity index (χ0n) is 22.8. The lowest BCUT2D eigenvalue weighted by Crippen LogP contribution is -2.54. The molecule has 0 aromatic rings. The molecule has 4 aliphatic rings. The summed E-state index contributed by atoms with van der Waals surface area (Å²) in [6.07, 6.45) is 9.09. The highest BCUT2D eigenvalue weighted by Crippen LogP contribution is 2.67. The van der Waals surface area contributed by atoms with E-state index in [0.29, 0.717) is 18.3 Å². The maximum Gasteiger partial charge on any atom is 0.217 e. The molecule has 0 radical (unpaired) electrons. The third kappa shape index (κ3) is 6.24. The van der Waals surface area contributed by atoms with E-state index in [-0.39, 0.29) is 41.6 Å². The molecule has 0 unspecified atom stereocenters. The second-order valence-electron chi connectivity index (χ2n) is 12.8. The lowest BCUT2D eigenvalue weighted by molar-refractivity contribution is -0.0854. The molecular formula is C27H42O9S2-2. The Morgan fingerprint density at radius 3 is 2.47 bits per heavy atom. The molecule has 1 N–H and O–H groups in total. The Bertz CT molecular complexity index is 1160. The largest absolute Gasteiger partial charge is 0.726 e. The van der Waals surface area contributed by atoms with E-state index in [1.807, 2.05) is 13.8 Å². The Balaban J connectivity index is 1.57. The molecule has 0 aromatic heterocycles. The Hall–Kier alpha value is -0.820. The van der Waals surface area contributed by atoms with Crippen molar-refractivity contribution >= 4 is 20.8 Å². The fraction of sp³-hybridized carbons (Fsp3) is 0.852. The first-order chi connectivity index (χ1) is 17.5. The van der Waals surface area contributed by atoms with Gasteiger partial charge in [0.05, 0.1) is 12.7 Å². The minimum atomic E-state index is -4.93. The molecule has 4 aliphatic carbocycles. The maximum atomic E-state index is 11.3. The van der Waals surface area contributed by atoms with Crippen molar-refractivity contribution in [3.8, 4) is 0 Å². The SMILES string of the molecule is CC(C)=CCC[C@@H](COS(=O)(=O)[O-])[C@H]1CC[C@H]2[C@@H]3CC=C4C[C@H](O)[C@@H](OS(=O)(=O)[O-])C[C@]4(C)[C@H]3CC[C@]12C. The number of rotatable bonds is 9. The van der Waals surface area contributed by atoms with Crippen LogP contribution in [-0.4, -0.2) is 49.9 Å². The summed E-state index contributed by atoms with van der Waals surface area (Å²) in [4.78, 5) is 0. The van der Waals surface area contributed by atoms with Gasteiger partial charge in [0.1, 0.15) is 6.10 Å². The molecule has 0 spiro atoms. The molecule has 0 aliphatic heterocycles. The molecule has 9 nitrogen and oxygen atoms in total. The van der Waals surface area contributed by atoms with Crippen LogP contribution in [0.25, 0.3) is 0 Å². The monoisotopic (exact) mass is 574 g/mol. The number of allylic oxidation sites excluding steroid dienone is 3. The zero-order chi connectivity index (χ0) is 28.1. The lowest BCUT2D eigenvalue weighted by Gasteiger charge is -2.59. The van der Waals surface area contributed by atoms with Crippen molar-refractivity contribution in [3.63, 3.8) is 0 Å². The second-order valence-corrected chi connectivity index (χ2v) is 14.9. The summed E-state index contributed by atoms with van der Waals surface area (Å²) in [6, 6.07) is 0. The Morgan fingerprint density at radius 2 is 1.84 bits per heavy atom. The van der Waals surface area contributed by atoms with Crippen LogP contribution in [0.4, 0.5) is 0 Å². The minimum absolute atomic E-state index is 0.0308. The first-order valence-corrected chi connectivity index (χ1v) is 16.5. The highest BCUT2D eigenvalue weighted by molar-refractivity contribution is 7.81. The minimum Gasteiger partial charge on any atom is -0.726 e. The summed E-state index contributed by atoms with van der Waals surface area (Å²) in [6.45, 7) is 8.40. The van der Waals surface area contributed by atoms with Crippen molar-refractivity contribution in [1.82, 2.24) is 0 Å². The van der Waals surface area contributed by atoms with Gasteiger partial charge in [0.25, 0.3) is 0 Å². The first kappa shape index (κ1) is 30.1. The predicted molar refractivity (Wildman–Crippen MR) is 139 cm³/mol. The molecule has 11 heteroatoms. The third-order valence-corrected chi connectivity index (χ3v) is 11.4. The molecule has 4 rings (SSSR count). The Morgan fingerprint density at radius 1 is 1.13 bits per heavy atom. The third-order valence-electron chi connectivity index (χ3n) is 10.5. The van der Waals surface area contributed by atoms with E-state index in [1.165, 1.54) is 5.57 Å². The van der Waals surface area contributed by atoms with Crippen LogP contribution in [0.3, 0.4) is 0 Å². The first-order valence-electron chi connectivity index (χ1n) is 13.8. The molecular weight excluding hydrogens is 532 g/mol. The van der Waals surface area contributed by atoms with Gasteiger partial charge in [-0.15, -0.1) is 0 Å². The van der Waals surface area contributed by atoms with Crippen molar-refractivity contribution in [1.29, 1.82) is 0 Å². The summed E-state index contributed by atoms with van der Waals surface area (Å²) in [7, 11) is -9.70. The standard InChI is InChI=1S/C27H44O9S2/c1-17(2)6-5-7-18(16-35-37(29,30)31)21-10-11-22-20-9-8-19-14-24(28)25(36-38(32,33)34)15-27(19,4)23(20)12-13-26(21,22)3/h6,8,18,20-25,28H,5,7,9-16H2,1-4H3,(H,29,30,31)(H,32,33,34)/p-2/t18-,20-,21+,22-,23-,24-,25-,26+,27-/m0/s1.